The maximum absolute atomic E-state index is 13.4. The Bertz CT molecular complexity index is 602. The lowest BCUT2D eigenvalue weighted by molar-refractivity contribution is 0.0692. The van der Waals surface area contributed by atoms with Gasteiger partial charge in [-0.2, -0.15) is 0 Å². The van der Waals surface area contributed by atoms with E-state index in [1.807, 2.05) is 0 Å². The highest BCUT2D eigenvalue weighted by Gasteiger charge is 2.13. The van der Waals surface area contributed by atoms with Crippen molar-refractivity contribution in [2.24, 2.45) is 0 Å². The molecule has 0 aliphatic rings. The lowest BCUT2D eigenvalue weighted by Gasteiger charge is -2.08. The summed E-state index contributed by atoms with van der Waals surface area (Å²) in [6, 6.07) is 6.27. The molecule has 0 aliphatic heterocycles. The average molecular weight is 282 g/mol. The van der Waals surface area contributed by atoms with E-state index in [0.29, 0.717) is 0 Å². The molecule has 0 fully saturated rings. The van der Waals surface area contributed by atoms with Crippen molar-refractivity contribution in [3.05, 3.63) is 53.7 Å². The van der Waals surface area contributed by atoms with Crippen molar-refractivity contribution in [2.45, 2.75) is 5.03 Å². The molecule has 7 heteroatoms. The summed E-state index contributed by atoms with van der Waals surface area (Å²) in [5.74, 6) is -2.69. The van der Waals surface area contributed by atoms with E-state index in [4.69, 9.17) is 5.11 Å². The average Bonchev–Trinajstić information content (AvgIpc) is 2.38. The first-order valence-electron chi connectivity index (χ1n) is 5.15. The Kier molecular flexibility index (Phi) is 3.96. The van der Waals surface area contributed by atoms with E-state index >= 15 is 0 Å². The Balaban J connectivity index is 2.22. The van der Waals surface area contributed by atoms with Crippen LogP contribution in [-0.2, 0) is 0 Å². The fraction of sp³-hybridized carbons (Fsp3) is 0. The topological polar surface area (TPSA) is 62.2 Å². The van der Waals surface area contributed by atoms with Crippen LogP contribution in [0.4, 0.5) is 14.5 Å². The van der Waals surface area contributed by atoms with Crippen LogP contribution < -0.4 is 4.72 Å². The van der Waals surface area contributed by atoms with Crippen LogP contribution in [0.2, 0.25) is 0 Å². The Morgan fingerprint density at radius 2 is 1.89 bits per heavy atom. The lowest BCUT2D eigenvalue weighted by Crippen LogP contribution is -2.02. The second-order valence-electron chi connectivity index (χ2n) is 3.46. The van der Waals surface area contributed by atoms with E-state index < -0.39 is 17.6 Å². The number of aromatic nitrogens is 1. The first kappa shape index (κ1) is 13.3. The number of pyridine rings is 1. The summed E-state index contributed by atoms with van der Waals surface area (Å²) in [5.41, 5.74) is -0.383. The zero-order valence-electron chi connectivity index (χ0n) is 9.43. The van der Waals surface area contributed by atoms with E-state index in [-0.39, 0.29) is 16.3 Å². The van der Waals surface area contributed by atoms with Crippen molar-refractivity contribution in [3.63, 3.8) is 0 Å². The number of hydrogen-bond donors (Lipinski definition) is 2. The van der Waals surface area contributed by atoms with Gasteiger partial charge in [-0.1, -0.05) is 6.07 Å². The van der Waals surface area contributed by atoms with E-state index in [0.717, 1.165) is 24.1 Å². The number of rotatable bonds is 4. The molecule has 0 spiro atoms. The minimum atomic E-state index is -1.16. The SMILES string of the molecule is O=C(O)c1cccnc1SNc1c(F)cccc1F. The van der Waals surface area contributed by atoms with Crippen molar-refractivity contribution in [1.29, 1.82) is 0 Å². The largest absolute Gasteiger partial charge is 0.478 e. The zero-order valence-corrected chi connectivity index (χ0v) is 10.2. The fourth-order valence-corrected chi connectivity index (χ4v) is 2.10. The number of halogens is 2. The molecule has 0 atom stereocenters. The molecule has 1 aromatic heterocycles. The van der Waals surface area contributed by atoms with Gasteiger partial charge in [0.05, 0.1) is 5.56 Å². The molecule has 2 rings (SSSR count). The molecule has 4 nitrogen and oxygen atoms in total. The molecular formula is C12H8F2N2O2S. The molecule has 0 radical (unpaired) electrons. The predicted octanol–water partition coefficient (Wildman–Crippen LogP) is 3.18. The van der Waals surface area contributed by atoms with Gasteiger partial charge in [-0.3, -0.25) is 0 Å². The molecule has 1 heterocycles. The molecule has 0 unspecified atom stereocenters. The third kappa shape index (κ3) is 3.00. The van der Waals surface area contributed by atoms with Gasteiger partial charge in [-0.15, -0.1) is 0 Å². The molecule has 0 saturated carbocycles. The number of anilines is 1. The lowest BCUT2D eigenvalue weighted by atomic mass is 10.3. The van der Waals surface area contributed by atoms with Crippen LogP contribution in [0.15, 0.2) is 41.6 Å². The van der Waals surface area contributed by atoms with E-state index in [1.165, 1.54) is 24.4 Å². The standard InChI is InChI=1S/C12H8F2N2O2S/c13-8-4-1-5-9(14)10(8)16-19-11-7(12(17)18)3-2-6-15-11/h1-6,16H,(H,17,18). The summed E-state index contributed by atoms with van der Waals surface area (Å²) in [6.45, 7) is 0. The van der Waals surface area contributed by atoms with Gasteiger partial charge in [0.2, 0.25) is 0 Å². The number of aromatic carboxylic acids is 1. The van der Waals surface area contributed by atoms with Gasteiger partial charge in [0.15, 0.2) is 0 Å². The summed E-state index contributed by atoms with van der Waals surface area (Å²) in [7, 11) is 0. The molecule has 0 bridgehead atoms. The third-order valence-corrected chi connectivity index (χ3v) is 3.04. The molecule has 0 saturated heterocycles. The summed E-state index contributed by atoms with van der Waals surface area (Å²) < 4.78 is 29.2. The van der Waals surface area contributed by atoms with Crippen molar-refractivity contribution in [2.75, 3.05) is 4.72 Å². The minimum absolute atomic E-state index is 0.0447. The fourth-order valence-electron chi connectivity index (χ4n) is 1.33. The highest BCUT2D eigenvalue weighted by molar-refractivity contribution is 8.00. The Morgan fingerprint density at radius 1 is 1.21 bits per heavy atom. The molecular weight excluding hydrogens is 274 g/mol. The van der Waals surface area contributed by atoms with Crippen molar-refractivity contribution in [3.8, 4) is 0 Å². The molecule has 0 amide bonds. The predicted molar refractivity (Wildman–Crippen MR) is 67.0 cm³/mol. The monoisotopic (exact) mass is 282 g/mol. The van der Waals surface area contributed by atoms with Gasteiger partial charge in [-0.25, -0.2) is 18.6 Å². The highest BCUT2D eigenvalue weighted by atomic mass is 32.2. The van der Waals surface area contributed by atoms with Gasteiger partial charge in [0.1, 0.15) is 22.3 Å². The van der Waals surface area contributed by atoms with Crippen LogP contribution in [-0.4, -0.2) is 16.1 Å². The molecule has 0 aliphatic carbocycles. The second kappa shape index (κ2) is 5.66. The number of nitrogens with zero attached hydrogens (tertiary/aromatic N) is 1. The summed E-state index contributed by atoms with van der Waals surface area (Å²) >= 11 is 0.735. The number of carboxylic acids is 1. The molecule has 1 aromatic carbocycles. The summed E-state index contributed by atoms with van der Waals surface area (Å²) in [5, 5.41) is 9.07. The number of nitrogens with one attached hydrogen (secondary N) is 1. The molecule has 2 N–H and O–H groups in total. The van der Waals surface area contributed by atoms with Gasteiger partial charge in [0.25, 0.3) is 0 Å². The normalized spacial score (nSPS) is 10.2. The zero-order chi connectivity index (χ0) is 13.8. The quantitative estimate of drug-likeness (QED) is 0.843. The maximum atomic E-state index is 13.4. The van der Waals surface area contributed by atoms with Crippen LogP contribution in [0.25, 0.3) is 0 Å². The smallest absolute Gasteiger partial charge is 0.338 e. The summed E-state index contributed by atoms with van der Waals surface area (Å²) in [4.78, 5) is 14.8. The first-order valence-corrected chi connectivity index (χ1v) is 5.96. The number of benzene rings is 1. The van der Waals surface area contributed by atoms with Crippen LogP contribution in [0.5, 0.6) is 0 Å². The maximum Gasteiger partial charge on any atom is 0.338 e. The van der Waals surface area contributed by atoms with Gasteiger partial charge in [0, 0.05) is 18.1 Å². The number of hydrogen-bond acceptors (Lipinski definition) is 4. The number of carbonyl (C=O) groups is 1. The van der Waals surface area contributed by atoms with E-state index in [9.17, 15) is 13.6 Å². The van der Waals surface area contributed by atoms with Crippen molar-refractivity contribution in [1.82, 2.24) is 4.98 Å². The van der Waals surface area contributed by atoms with Crippen LogP contribution >= 0.6 is 11.9 Å². The molecule has 98 valence electrons. The van der Waals surface area contributed by atoms with Gasteiger partial charge in [-0.05, 0) is 24.3 Å². The Morgan fingerprint density at radius 3 is 2.53 bits per heavy atom. The number of carboxylic acid groups (broad SMARTS) is 1. The minimum Gasteiger partial charge on any atom is -0.478 e. The Labute approximate surface area is 111 Å². The van der Waals surface area contributed by atoms with Crippen LogP contribution in [0.1, 0.15) is 10.4 Å². The number of para-hydroxylation sites is 1. The summed E-state index contributed by atoms with van der Waals surface area (Å²) in [6.07, 6.45) is 1.40. The van der Waals surface area contributed by atoms with Crippen molar-refractivity contribution < 1.29 is 18.7 Å². The third-order valence-electron chi connectivity index (χ3n) is 2.21. The van der Waals surface area contributed by atoms with Gasteiger partial charge < -0.3 is 9.83 Å². The molecule has 2 aromatic rings. The van der Waals surface area contributed by atoms with Crippen LogP contribution in [0.3, 0.4) is 0 Å². The Hall–Kier alpha value is -2.15. The molecule has 19 heavy (non-hydrogen) atoms. The highest BCUT2D eigenvalue weighted by Crippen LogP contribution is 2.26. The van der Waals surface area contributed by atoms with E-state index in [1.54, 1.807) is 0 Å². The van der Waals surface area contributed by atoms with Crippen LogP contribution in [0, 0.1) is 11.6 Å². The first-order chi connectivity index (χ1) is 9.09. The second-order valence-corrected chi connectivity index (χ2v) is 4.26. The van der Waals surface area contributed by atoms with Crippen molar-refractivity contribution >= 4 is 23.6 Å². The van der Waals surface area contributed by atoms with Gasteiger partial charge >= 0.3 is 5.97 Å². The van der Waals surface area contributed by atoms with E-state index in [2.05, 4.69) is 9.71 Å².